The molecule has 1 aliphatic rings. The molecule has 20 heavy (non-hydrogen) atoms. The lowest BCUT2D eigenvalue weighted by Gasteiger charge is -2.27. The molecule has 118 valence electrons. The molecular weight excluding hydrogens is 268 g/mol. The van der Waals surface area contributed by atoms with E-state index < -0.39 is 0 Å². The molecule has 0 spiro atoms. The Morgan fingerprint density at radius 2 is 1.95 bits per heavy atom. The first-order chi connectivity index (χ1) is 9.46. The molecular formula is C16H32N2OS. The number of carbonyl (C=O) groups is 1. The van der Waals surface area contributed by atoms with E-state index in [2.05, 4.69) is 37.2 Å². The molecule has 0 aliphatic carbocycles. The molecule has 0 aromatic carbocycles. The van der Waals surface area contributed by atoms with Crippen LogP contribution in [0.25, 0.3) is 0 Å². The monoisotopic (exact) mass is 300 g/mol. The van der Waals surface area contributed by atoms with E-state index in [9.17, 15) is 4.79 Å². The summed E-state index contributed by atoms with van der Waals surface area (Å²) >= 11 is 1.92. The Labute approximate surface area is 129 Å². The van der Waals surface area contributed by atoms with Crippen molar-refractivity contribution in [3.05, 3.63) is 0 Å². The molecule has 2 unspecified atom stereocenters. The third kappa shape index (κ3) is 4.39. The van der Waals surface area contributed by atoms with E-state index in [1.165, 1.54) is 25.0 Å². The quantitative estimate of drug-likeness (QED) is 0.662. The SMILES string of the molecule is CCC1(C)NC(C(C)C)N(CCCCCCSC)C1=O. The first kappa shape index (κ1) is 17.8. The minimum absolute atomic E-state index is 0.207. The zero-order valence-corrected chi connectivity index (χ0v) is 14.7. The molecule has 4 heteroatoms. The normalized spacial score (nSPS) is 26.8. The maximum Gasteiger partial charge on any atom is 0.243 e. The highest BCUT2D eigenvalue weighted by Crippen LogP contribution is 2.27. The van der Waals surface area contributed by atoms with Gasteiger partial charge in [0, 0.05) is 6.54 Å². The summed E-state index contributed by atoms with van der Waals surface area (Å²) in [5.74, 6) is 2.01. The van der Waals surface area contributed by atoms with Crippen LogP contribution in [0.1, 0.15) is 59.8 Å². The lowest BCUT2D eigenvalue weighted by atomic mass is 9.99. The van der Waals surface area contributed by atoms with E-state index in [1.807, 2.05) is 18.7 Å². The number of thioether (sulfide) groups is 1. The van der Waals surface area contributed by atoms with Gasteiger partial charge >= 0.3 is 0 Å². The zero-order chi connectivity index (χ0) is 15.2. The molecule has 1 amide bonds. The number of nitrogens with zero attached hydrogens (tertiary/aromatic N) is 1. The van der Waals surface area contributed by atoms with Gasteiger partial charge in [0.1, 0.15) is 0 Å². The first-order valence-electron chi connectivity index (χ1n) is 8.04. The molecule has 0 aromatic rings. The van der Waals surface area contributed by atoms with Crippen LogP contribution in [-0.4, -0.2) is 41.1 Å². The third-order valence-corrected chi connectivity index (χ3v) is 5.07. The van der Waals surface area contributed by atoms with Gasteiger partial charge in [-0.1, -0.05) is 33.6 Å². The van der Waals surface area contributed by atoms with Gasteiger partial charge in [-0.3, -0.25) is 10.1 Å². The Hall–Kier alpha value is -0.220. The molecule has 1 heterocycles. The molecule has 3 nitrogen and oxygen atoms in total. The van der Waals surface area contributed by atoms with E-state index in [0.29, 0.717) is 11.8 Å². The lowest BCUT2D eigenvalue weighted by Crippen LogP contribution is -2.45. The van der Waals surface area contributed by atoms with Crippen LogP contribution in [-0.2, 0) is 4.79 Å². The van der Waals surface area contributed by atoms with E-state index in [-0.39, 0.29) is 11.7 Å². The standard InChI is InChI=1S/C16H32N2OS/c1-6-16(4)15(19)18(14(17-16)13(2)3)11-9-7-8-10-12-20-5/h13-14,17H,6-12H2,1-5H3. The predicted octanol–water partition coefficient (Wildman–Crippen LogP) is 3.49. The summed E-state index contributed by atoms with van der Waals surface area (Å²) in [6, 6.07) is 0. The average molecular weight is 301 g/mol. The summed E-state index contributed by atoms with van der Waals surface area (Å²) in [5, 5.41) is 3.55. The Kier molecular flexibility index (Phi) is 7.38. The van der Waals surface area contributed by atoms with Gasteiger partial charge in [-0.2, -0.15) is 11.8 Å². The summed E-state index contributed by atoms with van der Waals surface area (Å²) in [6.07, 6.45) is 8.18. The van der Waals surface area contributed by atoms with Crippen molar-refractivity contribution < 1.29 is 4.79 Å². The van der Waals surface area contributed by atoms with E-state index >= 15 is 0 Å². The van der Waals surface area contributed by atoms with Crippen LogP contribution >= 0.6 is 11.8 Å². The van der Waals surface area contributed by atoms with Gasteiger partial charge in [0.15, 0.2) is 0 Å². The van der Waals surface area contributed by atoms with Gasteiger partial charge in [0.25, 0.3) is 0 Å². The summed E-state index contributed by atoms with van der Waals surface area (Å²) in [5.41, 5.74) is -0.353. The molecule has 0 saturated carbocycles. The maximum absolute atomic E-state index is 12.6. The second kappa shape index (κ2) is 8.28. The molecule has 1 rings (SSSR count). The summed E-state index contributed by atoms with van der Waals surface area (Å²) in [7, 11) is 0. The summed E-state index contributed by atoms with van der Waals surface area (Å²) < 4.78 is 0. The fourth-order valence-corrected chi connectivity index (χ4v) is 3.30. The van der Waals surface area contributed by atoms with E-state index in [0.717, 1.165) is 19.4 Å². The highest BCUT2D eigenvalue weighted by atomic mass is 32.2. The van der Waals surface area contributed by atoms with Crippen LogP contribution in [0.2, 0.25) is 0 Å². The lowest BCUT2D eigenvalue weighted by molar-refractivity contribution is -0.133. The van der Waals surface area contributed by atoms with Crippen LogP contribution in [0.4, 0.5) is 0 Å². The number of nitrogens with one attached hydrogen (secondary N) is 1. The number of rotatable bonds is 9. The molecule has 0 radical (unpaired) electrons. The van der Waals surface area contributed by atoms with Crippen molar-refractivity contribution in [3.63, 3.8) is 0 Å². The minimum Gasteiger partial charge on any atom is -0.325 e. The number of hydrogen-bond donors (Lipinski definition) is 1. The van der Waals surface area contributed by atoms with Crippen molar-refractivity contribution in [2.75, 3.05) is 18.6 Å². The molecule has 1 saturated heterocycles. The van der Waals surface area contributed by atoms with Gasteiger partial charge in [-0.15, -0.1) is 0 Å². The van der Waals surface area contributed by atoms with Crippen molar-refractivity contribution in [1.82, 2.24) is 10.2 Å². The average Bonchev–Trinajstić information content (AvgIpc) is 2.68. The van der Waals surface area contributed by atoms with Gasteiger partial charge in [0.2, 0.25) is 5.91 Å². The van der Waals surface area contributed by atoms with E-state index in [4.69, 9.17) is 0 Å². The van der Waals surface area contributed by atoms with Gasteiger partial charge < -0.3 is 4.90 Å². The van der Waals surface area contributed by atoms with Crippen LogP contribution < -0.4 is 5.32 Å². The van der Waals surface area contributed by atoms with Gasteiger partial charge in [-0.25, -0.2) is 0 Å². The zero-order valence-electron chi connectivity index (χ0n) is 13.9. The Balaban J connectivity index is 2.46. The highest BCUT2D eigenvalue weighted by Gasteiger charge is 2.47. The smallest absolute Gasteiger partial charge is 0.243 e. The second-order valence-corrected chi connectivity index (χ2v) is 7.41. The van der Waals surface area contributed by atoms with Crippen molar-refractivity contribution in [1.29, 1.82) is 0 Å². The second-order valence-electron chi connectivity index (χ2n) is 6.42. The van der Waals surface area contributed by atoms with Crippen LogP contribution in [0.3, 0.4) is 0 Å². The van der Waals surface area contributed by atoms with Crippen molar-refractivity contribution >= 4 is 17.7 Å². The van der Waals surface area contributed by atoms with Crippen LogP contribution in [0, 0.1) is 5.92 Å². The highest BCUT2D eigenvalue weighted by molar-refractivity contribution is 7.98. The number of unbranched alkanes of at least 4 members (excludes halogenated alkanes) is 3. The third-order valence-electron chi connectivity index (χ3n) is 4.37. The molecule has 0 aromatic heterocycles. The maximum atomic E-state index is 12.6. The van der Waals surface area contributed by atoms with Crippen LogP contribution in [0.15, 0.2) is 0 Å². The molecule has 1 aliphatic heterocycles. The number of hydrogen-bond acceptors (Lipinski definition) is 3. The number of amides is 1. The van der Waals surface area contributed by atoms with E-state index in [1.54, 1.807) is 0 Å². The number of carbonyl (C=O) groups excluding carboxylic acids is 1. The molecule has 1 N–H and O–H groups in total. The van der Waals surface area contributed by atoms with Crippen molar-refractivity contribution in [3.8, 4) is 0 Å². The summed E-state index contributed by atoms with van der Waals surface area (Å²) in [4.78, 5) is 14.7. The Morgan fingerprint density at radius 3 is 2.50 bits per heavy atom. The molecule has 0 bridgehead atoms. The molecule has 2 atom stereocenters. The Bertz CT molecular complexity index is 309. The largest absolute Gasteiger partial charge is 0.325 e. The minimum atomic E-state index is -0.353. The topological polar surface area (TPSA) is 32.3 Å². The Morgan fingerprint density at radius 1 is 1.30 bits per heavy atom. The fourth-order valence-electron chi connectivity index (χ4n) is 2.81. The van der Waals surface area contributed by atoms with Crippen molar-refractivity contribution in [2.24, 2.45) is 5.92 Å². The van der Waals surface area contributed by atoms with Crippen LogP contribution in [0.5, 0.6) is 0 Å². The first-order valence-corrected chi connectivity index (χ1v) is 9.43. The van der Waals surface area contributed by atoms with Gasteiger partial charge in [0.05, 0.1) is 11.7 Å². The molecule has 1 fully saturated rings. The fraction of sp³-hybridized carbons (Fsp3) is 0.938. The van der Waals surface area contributed by atoms with Crippen molar-refractivity contribution in [2.45, 2.75) is 71.5 Å². The summed E-state index contributed by atoms with van der Waals surface area (Å²) in [6.45, 7) is 9.43. The predicted molar refractivity (Wildman–Crippen MR) is 89.0 cm³/mol. The van der Waals surface area contributed by atoms with Gasteiger partial charge in [-0.05, 0) is 44.1 Å².